The molecule has 0 aliphatic carbocycles. The zero-order valence-electron chi connectivity index (χ0n) is 15.6. The van der Waals surface area contributed by atoms with E-state index in [1.54, 1.807) is 18.4 Å². The van der Waals surface area contributed by atoms with Crippen LogP contribution in [0.25, 0.3) is 11.0 Å². The summed E-state index contributed by atoms with van der Waals surface area (Å²) in [6, 6.07) is 0. The Morgan fingerprint density at radius 3 is 2.20 bits per heavy atom. The van der Waals surface area contributed by atoms with Gasteiger partial charge in [-0.3, -0.25) is 18.8 Å². The Balaban J connectivity index is 1.85. The summed E-state index contributed by atoms with van der Waals surface area (Å²) in [5, 5.41) is 5.93. The number of aryl methyl sites for hydroxylation is 1. The Bertz CT molecular complexity index is 1180. The molecule has 13 heteroatoms. The van der Waals surface area contributed by atoms with Crippen molar-refractivity contribution in [3.05, 3.63) is 45.6 Å². The largest absolute Gasteiger partial charge is 0.320 e. The van der Waals surface area contributed by atoms with E-state index >= 15 is 0 Å². The molecule has 0 saturated carbocycles. The fourth-order valence-electron chi connectivity index (χ4n) is 2.59. The summed E-state index contributed by atoms with van der Waals surface area (Å²) in [5.74, 6) is -12.5. The molecule has 0 radical (unpaired) electrons. The van der Waals surface area contributed by atoms with Gasteiger partial charge in [-0.2, -0.15) is 5.10 Å². The third-order valence-corrected chi connectivity index (χ3v) is 5.06. The molecule has 0 bridgehead atoms. The lowest BCUT2D eigenvalue weighted by atomic mass is 10.2. The lowest BCUT2D eigenvalue weighted by Gasteiger charge is -2.11. The van der Waals surface area contributed by atoms with Crippen LogP contribution in [0.5, 0.6) is 0 Å². The molecule has 0 aliphatic rings. The summed E-state index contributed by atoms with van der Waals surface area (Å²) in [7, 11) is 0. The molecule has 1 N–H and O–H groups in total. The maximum Gasteiger partial charge on any atom is 0.282 e. The van der Waals surface area contributed by atoms with Crippen molar-refractivity contribution in [1.82, 2.24) is 19.3 Å². The average Bonchev–Trinajstić information content (AvgIpc) is 3.16. The molecular formula is C17H14F5N5O2S. The van der Waals surface area contributed by atoms with Crippen LogP contribution in [-0.4, -0.2) is 31.0 Å². The summed E-state index contributed by atoms with van der Waals surface area (Å²) in [5.41, 5.74) is -1.43. The van der Waals surface area contributed by atoms with Crippen LogP contribution in [0.3, 0.4) is 0 Å². The summed E-state index contributed by atoms with van der Waals surface area (Å²) in [6.45, 7) is 4.21. The summed E-state index contributed by atoms with van der Waals surface area (Å²) < 4.78 is 69.8. The van der Waals surface area contributed by atoms with Crippen LogP contribution >= 0.6 is 11.8 Å². The second-order valence-corrected chi connectivity index (χ2v) is 6.89. The molecule has 3 aromatic rings. The van der Waals surface area contributed by atoms with Crippen LogP contribution in [0, 0.1) is 29.1 Å². The monoisotopic (exact) mass is 447 g/mol. The highest BCUT2D eigenvalue weighted by Gasteiger charge is 2.27. The number of halogens is 5. The Kier molecular flexibility index (Phi) is 6.10. The molecule has 0 aliphatic heterocycles. The van der Waals surface area contributed by atoms with E-state index in [-0.39, 0.29) is 17.2 Å². The summed E-state index contributed by atoms with van der Waals surface area (Å²) in [6.07, 6.45) is 1.55. The number of carbonyl (C=O) groups is 1. The zero-order valence-corrected chi connectivity index (χ0v) is 16.4. The number of thioether (sulfide) groups is 1. The lowest BCUT2D eigenvalue weighted by Crippen LogP contribution is -2.24. The van der Waals surface area contributed by atoms with Gasteiger partial charge in [-0.15, -0.1) is 0 Å². The van der Waals surface area contributed by atoms with Gasteiger partial charge >= 0.3 is 0 Å². The van der Waals surface area contributed by atoms with Crippen molar-refractivity contribution in [1.29, 1.82) is 0 Å². The molecule has 0 spiro atoms. The van der Waals surface area contributed by atoms with Gasteiger partial charge in [0.25, 0.3) is 5.56 Å². The summed E-state index contributed by atoms with van der Waals surface area (Å²) in [4.78, 5) is 28.9. The van der Waals surface area contributed by atoms with Crippen molar-refractivity contribution in [3.8, 4) is 0 Å². The van der Waals surface area contributed by atoms with Crippen molar-refractivity contribution >= 4 is 34.4 Å². The number of hydrogen-bond acceptors (Lipinski definition) is 5. The highest BCUT2D eigenvalue weighted by molar-refractivity contribution is 7.99. The minimum absolute atomic E-state index is 0.137. The Morgan fingerprint density at radius 2 is 1.63 bits per heavy atom. The number of anilines is 1. The van der Waals surface area contributed by atoms with Gasteiger partial charge < -0.3 is 5.32 Å². The topological polar surface area (TPSA) is 81.8 Å². The number of nitrogens with zero attached hydrogens (tertiary/aromatic N) is 4. The number of hydrogen-bond donors (Lipinski definition) is 1. The van der Waals surface area contributed by atoms with E-state index in [1.807, 2.05) is 6.92 Å². The van der Waals surface area contributed by atoms with Crippen molar-refractivity contribution in [2.75, 3.05) is 11.1 Å². The van der Waals surface area contributed by atoms with Gasteiger partial charge in [0.2, 0.25) is 11.7 Å². The quantitative estimate of drug-likeness (QED) is 0.207. The van der Waals surface area contributed by atoms with Crippen molar-refractivity contribution in [2.45, 2.75) is 32.1 Å². The molecule has 2 heterocycles. The molecule has 1 aromatic carbocycles. The van der Waals surface area contributed by atoms with E-state index in [2.05, 4.69) is 10.1 Å². The average molecular weight is 447 g/mol. The van der Waals surface area contributed by atoms with E-state index in [4.69, 9.17) is 0 Å². The first-order valence-electron chi connectivity index (χ1n) is 8.61. The molecule has 0 fully saturated rings. The predicted octanol–water partition coefficient (Wildman–Crippen LogP) is 3.06. The number of aromatic nitrogens is 4. The highest BCUT2D eigenvalue weighted by Crippen LogP contribution is 2.27. The van der Waals surface area contributed by atoms with Crippen molar-refractivity contribution < 1.29 is 26.7 Å². The van der Waals surface area contributed by atoms with Gasteiger partial charge in [-0.05, 0) is 13.8 Å². The third kappa shape index (κ3) is 3.76. The van der Waals surface area contributed by atoms with Crippen LogP contribution in [0.15, 0.2) is 16.1 Å². The van der Waals surface area contributed by atoms with E-state index in [0.29, 0.717) is 12.1 Å². The first-order chi connectivity index (χ1) is 14.2. The van der Waals surface area contributed by atoms with Gasteiger partial charge in [0, 0.05) is 13.1 Å². The van der Waals surface area contributed by atoms with E-state index < -0.39 is 52.0 Å². The van der Waals surface area contributed by atoms with Crippen LogP contribution < -0.4 is 10.9 Å². The molecule has 3 rings (SSSR count). The Labute approximate surface area is 169 Å². The molecule has 160 valence electrons. The third-order valence-electron chi connectivity index (χ3n) is 4.08. The van der Waals surface area contributed by atoms with Crippen LogP contribution in [-0.2, 0) is 17.9 Å². The second kappa shape index (κ2) is 8.42. The normalized spacial score (nSPS) is 11.3. The molecular weight excluding hydrogens is 433 g/mol. The van der Waals surface area contributed by atoms with Gasteiger partial charge in [-0.1, -0.05) is 11.8 Å². The lowest BCUT2D eigenvalue weighted by molar-refractivity contribution is -0.113. The number of fused-ring (bicyclic) bond motifs is 1. The minimum atomic E-state index is -2.32. The number of carbonyl (C=O) groups excluding carboxylic acids is 1. The van der Waals surface area contributed by atoms with Gasteiger partial charge in [0.15, 0.2) is 33.9 Å². The van der Waals surface area contributed by atoms with E-state index in [1.165, 1.54) is 9.25 Å². The van der Waals surface area contributed by atoms with Crippen LogP contribution in [0.4, 0.5) is 27.6 Å². The van der Waals surface area contributed by atoms with Gasteiger partial charge in [0.1, 0.15) is 11.2 Å². The number of benzene rings is 1. The molecule has 2 aromatic heterocycles. The Hall–Kier alpha value is -2.96. The molecule has 0 saturated heterocycles. The number of amides is 1. The standard InChI is InChI=1S/C17H14F5N5O2S/c1-3-26-5-7-14(25-26)16(29)27(4-2)17(23-7)30-6-8(28)24-15-12(21)10(19)9(18)11(20)13(15)22/h5H,3-4,6H2,1-2H3,(H,24,28). The van der Waals surface area contributed by atoms with Gasteiger partial charge in [0.05, 0.1) is 11.9 Å². The summed E-state index contributed by atoms with van der Waals surface area (Å²) >= 11 is 0.764. The highest BCUT2D eigenvalue weighted by atomic mass is 32.2. The fourth-order valence-corrected chi connectivity index (χ4v) is 3.46. The fraction of sp³-hybridized carbons (Fsp3) is 0.294. The van der Waals surface area contributed by atoms with Crippen LogP contribution in [0.2, 0.25) is 0 Å². The first-order valence-corrected chi connectivity index (χ1v) is 9.60. The molecule has 0 unspecified atom stereocenters. The second-order valence-electron chi connectivity index (χ2n) is 5.94. The smallest absolute Gasteiger partial charge is 0.282 e. The number of rotatable bonds is 6. The Morgan fingerprint density at radius 1 is 1.03 bits per heavy atom. The maximum atomic E-state index is 13.7. The number of nitrogens with one attached hydrogen (secondary N) is 1. The molecule has 30 heavy (non-hydrogen) atoms. The van der Waals surface area contributed by atoms with Gasteiger partial charge in [-0.25, -0.2) is 26.9 Å². The van der Waals surface area contributed by atoms with Crippen molar-refractivity contribution in [3.63, 3.8) is 0 Å². The predicted molar refractivity (Wildman–Crippen MR) is 98.7 cm³/mol. The molecule has 1 amide bonds. The molecule has 7 nitrogen and oxygen atoms in total. The SMILES string of the molecule is CCn1cc2nc(SCC(=O)Nc3c(F)c(F)c(F)c(F)c3F)n(CC)c(=O)c2n1. The first kappa shape index (κ1) is 21.7. The van der Waals surface area contributed by atoms with Crippen LogP contribution in [0.1, 0.15) is 13.8 Å². The van der Waals surface area contributed by atoms with E-state index in [0.717, 1.165) is 11.8 Å². The molecule has 0 atom stereocenters. The minimum Gasteiger partial charge on any atom is -0.320 e. The maximum absolute atomic E-state index is 13.7. The zero-order chi connectivity index (χ0) is 22.2. The van der Waals surface area contributed by atoms with E-state index in [9.17, 15) is 31.5 Å². The van der Waals surface area contributed by atoms with Crippen molar-refractivity contribution in [2.24, 2.45) is 0 Å².